The molecule has 3 aliphatic rings. The zero-order valence-corrected chi connectivity index (χ0v) is 80.0. The molecule has 0 spiro atoms. The molecule has 3 aliphatic heterocycles. The molecule has 0 aliphatic carbocycles. The van der Waals surface area contributed by atoms with E-state index in [-0.39, 0.29) is 236 Å². The van der Waals surface area contributed by atoms with Crippen molar-refractivity contribution in [2.24, 2.45) is 17.2 Å². The van der Waals surface area contributed by atoms with Crippen LogP contribution in [0.15, 0.2) is 91.4 Å². The number of nitrogens with one attached hydrogen (secondary N) is 12. The van der Waals surface area contributed by atoms with E-state index >= 15 is 0 Å². The Hall–Kier alpha value is -12.5. The fraction of sp³-hybridized carbons (Fsp3) is 0.500. The first-order valence-corrected chi connectivity index (χ1v) is 43.0. The second-order valence-corrected chi connectivity index (χ2v) is 32.0. The van der Waals surface area contributed by atoms with Crippen LogP contribution in [0.2, 0.25) is 0 Å². The van der Waals surface area contributed by atoms with Crippen LogP contribution in [0, 0.1) is 0 Å². The molecule has 3 fully saturated rings. The average Bonchev–Trinajstić information content (AvgIpc) is 1.69. The first-order chi connectivity index (χ1) is 64.3. The number of benzene rings is 3. The number of nitrogens with two attached hydrogens (primary N) is 3. The summed E-state index contributed by atoms with van der Waals surface area (Å²) in [5.74, 6) is -16.7. The molecule has 3 aromatic heterocycles. The third-order valence-electron chi connectivity index (χ3n) is 21.9. The number of hydrogen-bond donors (Lipinski definition) is 18. The topological polar surface area (TPSA) is 769 Å². The number of aliphatic hydroxyl groups is 3. The van der Waals surface area contributed by atoms with Gasteiger partial charge in [0.1, 0.15) is 36.3 Å². The first kappa shape index (κ1) is 115. The van der Waals surface area contributed by atoms with Crippen LogP contribution in [0.5, 0.6) is 0 Å². The summed E-state index contributed by atoms with van der Waals surface area (Å²) in [4.78, 5) is 240. The molecule has 21 N–H and O–H groups in total. The zero-order chi connectivity index (χ0) is 98.8. The van der Waals surface area contributed by atoms with Crippen molar-refractivity contribution in [2.75, 3.05) is 216 Å². The van der Waals surface area contributed by atoms with Crippen LogP contribution < -0.4 is 95.7 Å². The number of rotatable bonds is 45. The molecule has 6 aromatic rings. The van der Waals surface area contributed by atoms with Crippen molar-refractivity contribution in [1.29, 1.82) is 0 Å². The summed E-state index contributed by atoms with van der Waals surface area (Å²) in [5.41, 5.74) is 21.3. The number of para-hydroxylation sites is 3. The van der Waals surface area contributed by atoms with Gasteiger partial charge >= 0.3 is 39.6 Å². The summed E-state index contributed by atoms with van der Waals surface area (Å²) in [7, 11) is 0. The number of carbonyl (C=O) groups excluding carboxylic acids is 18. The Labute approximate surface area is 810 Å². The molecule has 12 amide bonds. The second kappa shape index (κ2) is 59.5. The SMILES string of the molecule is NC(=O)[C@H](Cc1c[nH]c2ccccc12)NC(=O)CN[13C](=O)[13CH]([13CH2]O)[15NH]C(=O)CN1CCN(CC(=O)[O-])CCN(CC(=O)[O-])CC1.NC(=O)[C@H](Cc1c[nH]c2ccccc12)NC(=O)CN[13C](=O)[13CH]([13CH2]O)[15NH]C(=O)CN1CCN(CC(=O)[O-])CCN(CC(=O)[O-])CC1.NC(=O)[C@H](Cc1c[nH]c2ccccc12)NC(=O)CN[13C](=O)[13CH]([13CH2]O)[15NH]C(=O)CN1CCN(CC(=O)[O-])CCN(CC(=O)[O-])CC1.[Ga+3].[Ga+3]. The Morgan fingerprint density at radius 3 is 0.628 bits per heavy atom. The van der Waals surface area contributed by atoms with Crippen molar-refractivity contribution < 1.29 is 132 Å². The molecular weight excluding hydrogens is 1930 g/mol. The van der Waals surface area contributed by atoms with E-state index < -0.39 is 182 Å². The number of aliphatic hydroxyl groups excluding tert-OH is 3. The number of fused-ring (bicyclic) bond motifs is 3. The third kappa shape index (κ3) is 41.6. The maximum absolute atomic E-state index is 12.8. The average molecular weight is 2040 g/mol. The Morgan fingerprint density at radius 1 is 0.277 bits per heavy atom. The van der Waals surface area contributed by atoms with E-state index in [0.29, 0.717) is 0 Å². The van der Waals surface area contributed by atoms with Gasteiger partial charge in [-0.3, -0.25) is 102 Å². The number of H-pyrrole nitrogens is 3. The van der Waals surface area contributed by atoms with E-state index in [1.54, 1.807) is 62.7 Å². The molecular formula is C84H114Ga2N24O27. The van der Waals surface area contributed by atoms with Crippen LogP contribution in [-0.2, 0) is 106 Å². The van der Waals surface area contributed by atoms with E-state index in [1.165, 1.54) is 0 Å². The fourth-order valence-electron chi connectivity index (χ4n) is 14.8. The largest absolute Gasteiger partial charge is 3.00 e. The number of aromatic nitrogens is 3. The number of hydrogen-bond acceptors (Lipinski definition) is 36. The number of amides is 12. The van der Waals surface area contributed by atoms with Gasteiger partial charge in [-0.05, 0) is 34.9 Å². The van der Waals surface area contributed by atoms with Crippen molar-refractivity contribution >= 4 is 179 Å². The van der Waals surface area contributed by atoms with Crippen LogP contribution in [0.4, 0.5) is 0 Å². The number of nitrogens with zero attached hydrogens (tertiary/aromatic N) is 9. The van der Waals surface area contributed by atoms with E-state index in [2.05, 4.69) is 62.8 Å². The molecule has 0 radical (unpaired) electrons. The van der Waals surface area contributed by atoms with Gasteiger partial charge in [-0.1, -0.05) is 54.6 Å². The predicted octanol–water partition coefficient (Wildman–Crippen LogP) is -19.7. The predicted molar refractivity (Wildman–Crippen MR) is 475 cm³/mol. The van der Waals surface area contributed by atoms with Gasteiger partial charge in [0, 0.05) is 228 Å². The third-order valence-corrected chi connectivity index (χ3v) is 21.9. The maximum atomic E-state index is 12.8. The molecule has 3 aromatic carbocycles. The fourth-order valence-corrected chi connectivity index (χ4v) is 14.8. The standard InChI is InChI=1S/3C28H40N8O9.2Ga/c3*29-27(44)21(11-18-12-30-20-4-2-1-3-19(18)20)32-23(38)13-31-28(45)22(17-37)33-24(39)14-34-5-7-35(15-25(40)41)9-10-36(8-6-34)16-26(42)43;;/h3*1-4,12,21-22,30,37H,5-11,13-17H2,(H2,29,44)(H,31,45)(H,32,38)(H,33,39)(H,40,41)(H,42,43);;/q;;;2*+3/p-6/t3*21-,22?;;/m000../s1/i3*17+1,22+1,28+1,33+1;;. The van der Waals surface area contributed by atoms with Gasteiger partial charge in [-0.25, -0.2) is 0 Å². The van der Waals surface area contributed by atoms with Gasteiger partial charge in [-0.2, -0.15) is 0 Å². The summed E-state index contributed by atoms with van der Waals surface area (Å²) in [6.07, 6.45) is 5.48. The maximum Gasteiger partial charge on any atom is 3.00 e. The zero-order valence-electron chi connectivity index (χ0n) is 75.1. The van der Waals surface area contributed by atoms with Crippen LogP contribution in [0.1, 0.15) is 16.7 Å². The summed E-state index contributed by atoms with van der Waals surface area (Å²) >= 11 is 0. The van der Waals surface area contributed by atoms with E-state index in [9.17, 15) is 132 Å². The number of carbonyl (C=O) groups is 18. The van der Waals surface area contributed by atoms with Gasteiger partial charge in [0.05, 0.1) is 94.9 Å². The van der Waals surface area contributed by atoms with Gasteiger partial charge in [0.2, 0.25) is 70.9 Å². The van der Waals surface area contributed by atoms with Crippen molar-refractivity contribution in [2.45, 2.75) is 55.5 Å². The van der Waals surface area contributed by atoms with Gasteiger partial charge in [0.15, 0.2) is 0 Å². The monoisotopic (exact) mass is 2040 g/mol. The molecule has 9 rings (SSSR count). The smallest absolute Gasteiger partial charge is 0.549 e. The minimum absolute atomic E-state index is 0. The van der Waals surface area contributed by atoms with Crippen molar-refractivity contribution in [1.82, 2.24) is 107 Å². The number of carboxylic acids is 6. The van der Waals surface area contributed by atoms with Crippen molar-refractivity contribution in [3.8, 4) is 0 Å². The Balaban J connectivity index is 0.000000360. The van der Waals surface area contributed by atoms with Gasteiger partial charge in [0.25, 0.3) is 0 Å². The number of primary amides is 3. The van der Waals surface area contributed by atoms with E-state index in [0.717, 1.165) is 49.4 Å². The molecule has 6 heterocycles. The van der Waals surface area contributed by atoms with Crippen LogP contribution in [0.3, 0.4) is 0 Å². The minimum Gasteiger partial charge on any atom is -0.549 e. The second-order valence-electron chi connectivity index (χ2n) is 32.0. The Morgan fingerprint density at radius 2 is 0.453 bits per heavy atom. The summed E-state index contributed by atoms with van der Waals surface area (Å²) in [6.45, 7) is -2.25. The molecule has 53 heteroatoms. The molecule has 3 unspecified atom stereocenters. The van der Waals surface area contributed by atoms with Crippen molar-refractivity contribution in [3.05, 3.63) is 108 Å². The molecule has 0 bridgehead atoms. The molecule has 137 heavy (non-hydrogen) atoms. The summed E-state index contributed by atoms with van der Waals surface area (Å²) in [5, 5.41) is 120. The summed E-state index contributed by atoms with van der Waals surface area (Å²) < 4.78 is 0. The van der Waals surface area contributed by atoms with Crippen LogP contribution in [-0.4, -0.2) is 473 Å². The summed E-state index contributed by atoms with van der Waals surface area (Å²) in [6, 6.07) is 14.8. The Kier molecular flexibility index (Phi) is 50.0. The van der Waals surface area contributed by atoms with Crippen LogP contribution >= 0.6 is 0 Å². The molecule has 3 saturated heterocycles. The van der Waals surface area contributed by atoms with Crippen LogP contribution in [0.25, 0.3) is 32.7 Å². The van der Waals surface area contributed by atoms with Gasteiger partial charge < -0.3 is 155 Å². The number of carboxylic acid groups (broad SMARTS) is 6. The Bertz CT molecular complexity index is 4520. The van der Waals surface area contributed by atoms with E-state index in [4.69, 9.17) is 17.2 Å². The van der Waals surface area contributed by atoms with Crippen molar-refractivity contribution in [3.63, 3.8) is 0 Å². The molecule has 51 nitrogen and oxygen atoms in total. The number of aromatic amines is 3. The molecule has 0 saturated carbocycles. The molecule has 738 valence electrons. The normalized spacial score (nSPS) is 16.2. The van der Waals surface area contributed by atoms with Gasteiger partial charge in [-0.15, -0.1) is 0 Å². The molecule has 6 atom stereocenters. The first-order valence-electron chi connectivity index (χ1n) is 43.0. The quantitative estimate of drug-likeness (QED) is 0.00959. The van der Waals surface area contributed by atoms with E-state index in [1.807, 2.05) is 72.8 Å². The minimum atomic E-state index is -1.40. The number of aliphatic carboxylic acids is 6.